The lowest BCUT2D eigenvalue weighted by atomic mass is 10.2. The van der Waals surface area contributed by atoms with Crippen molar-refractivity contribution in [3.8, 4) is 0 Å². The number of hydrogen-bond donors (Lipinski definition) is 2. The summed E-state index contributed by atoms with van der Waals surface area (Å²) in [5.41, 5.74) is 1.35. The van der Waals surface area contributed by atoms with Gasteiger partial charge in [-0.2, -0.15) is 11.3 Å². The Kier molecular flexibility index (Phi) is 6.24. The first kappa shape index (κ1) is 16.8. The molecule has 0 saturated carbocycles. The Hall–Kier alpha value is -1.56. The zero-order valence-electron chi connectivity index (χ0n) is 13.6. The van der Waals surface area contributed by atoms with Crippen molar-refractivity contribution < 1.29 is 4.79 Å². The molecular formula is C16H26N4OS. The first-order valence-electron chi connectivity index (χ1n) is 7.87. The number of guanidine groups is 1. The van der Waals surface area contributed by atoms with Crippen molar-refractivity contribution in [1.82, 2.24) is 15.5 Å². The predicted octanol–water partition coefficient (Wildman–Crippen LogP) is 1.71. The molecule has 1 aromatic rings. The second-order valence-corrected chi connectivity index (χ2v) is 6.73. The summed E-state index contributed by atoms with van der Waals surface area (Å²) in [5, 5.41) is 11.0. The highest BCUT2D eigenvalue weighted by atomic mass is 32.1. The summed E-state index contributed by atoms with van der Waals surface area (Å²) in [6.45, 7) is 6.36. The Morgan fingerprint density at radius 3 is 3.00 bits per heavy atom. The van der Waals surface area contributed by atoms with Crippen molar-refractivity contribution in [3.63, 3.8) is 0 Å². The molecule has 0 radical (unpaired) electrons. The second kappa shape index (κ2) is 8.17. The number of nitrogens with zero attached hydrogens (tertiary/aromatic N) is 2. The van der Waals surface area contributed by atoms with Gasteiger partial charge in [0.1, 0.15) is 0 Å². The number of thiophene rings is 1. The smallest absolute Gasteiger partial charge is 0.225 e. The third-order valence-electron chi connectivity index (χ3n) is 3.84. The van der Waals surface area contributed by atoms with E-state index in [1.54, 1.807) is 18.4 Å². The van der Waals surface area contributed by atoms with Crippen LogP contribution in [0.15, 0.2) is 21.8 Å². The molecule has 1 amide bonds. The maximum Gasteiger partial charge on any atom is 0.225 e. The number of carbonyl (C=O) groups is 1. The first-order chi connectivity index (χ1) is 10.6. The van der Waals surface area contributed by atoms with E-state index in [2.05, 4.69) is 32.5 Å². The molecule has 22 heavy (non-hydrogen) atoms. The normalized spacial score (nSPS) is 18.8. The highest BCUT2D eigenvalue weighted by Crippen LogP contribution is 2.12. The van der Waals surface area contributed by atoms with E-state index >= 15 is 0 Å². The Morgan fingerprint density at radius 2 is 2.36 bits per heavy atom. The molecule has 1 aliphatic rings. The number of hydrogen-bond acceptors (Lipinski definition) is 3. The molecule has 2 heterocycles. The van der Waals surface area contributed by atoms with Gasteiger partial charge in [-0.1, -0.05) is 13.8 Å². The summed E-state index contributed by atoms with van der Waals surface area (Å²) < 4.78 is 0. The summed E-state index contributed by atoms with van der Waals surface area (Å²) in [6, 6.07) is 2.43. The van der Waals surface area contributed by atoms with Gasteiger partial charge in [0.2, 0.25) is 5.91 Å². The van der Waals surface area contributed by atoms with Crippen LogP contribution in [0.1, 0.15) is 25.8 Å². The van der Waals surface area contributed by atoms with Crippen molar-refractivity contribution >= 4 is 23.2 Å². The van der Waals surface area contributed by atoms with Crippen LogP contribution in [0.5, 0.6) is 0 Å². The maximum atomic E-state index is 12.0. The molecule has 122 valence electrons. The molecule has 6 heteroatoms. The summed E-state index contributed by atoms with van der Waals surface area (Å²) in [5.74, 6) is 1.13. The molecule has 2 N–H and O–H groups in total. The zero-order chi connectivity index (χ0) is 15.9. The number of nitrogens with one attached hydrogen (secondary N) is 2. The lowest BCUT2D eigenvalue weighted by molar-refractivity contribution is -0.133. The molecule has 1 fully saturated rings. The van der Waals surface area contributed by atoms with Gasteiger partial charge in [0.05, 0.1) is 0 Å². The quantitative estimate of drug-likeness (QED) is 0.641. The number of carbonyl (C=O) groups excluding carboxylic acids is 1. The summed E-state index contributed by atoms with van der Waals surface area (Å²) >= 11 is 1.72. The molecule has 1 saturated heterocycles. The maximum absolute atomic E-state index is 12.0. The van der Waals surface area contributed by atoms with Crippen LogP contribution in [0, 0.1) is 5.92 Å². The minimum atomic E-state index is 0.0711. The van der Waals surface area contributed by atoms with Crippen LogP contribution < -0.4 is 10.6 Å². The van der Waals surface area contributed by atoms with E-state index in [4.69, 9.17) is 0 Å². The van der Waals surface area contributed by atoms with Gasteiger partial charge < -0.3 is 15.5 Å². The monoisotopic (exact) mass is 322 g/mol. The fourth-order valence-corrected chi connectivity index (χ4v) is 3.29. The highest BCUT2D eigenvalue weighted by molar-refractivity contribution is 7.07. The van der Waals surface area contributed by atoms with Crippen LogP contribution in [0.3, 0.4) is 0 Å². The standard InChI is InChI=1S/C16H26N4OS/c1-12(2)15(21)20-8-5-14(10-20)19-16(17-3)18-7-4-13-6-9-22-11-13/h6,9,11-12,14H,4-5,7-8,10H2,1-3H3,(H2,17,18,19). The van der Waals surface area contributed by atoms with Gasteiger partial charge in [0.25, 0.3) is 0 Å². The zero-order valence-corrected chi connectivity index (χ0v) is 14.4. The average molecular weight is 322 g/mol. The summed E-state index contributed by atoms with van der Waals surface area (Å²) in [6.07, 6.45) is 1.97. The van der Waals surface area contributed by atoms with Crippen LogP contribution in [-0.2, 0) is 11.2 Å². The molecular weight excluding hydrogens is 296 g/mol. The molecule has 1 aromatic heterocycles. The lowest BCUT2D eigenvalue weighted by Gasteiger charge is -2.20. The van der Waals surface area contributed by atoms with E-state index in [-0.39, 0.29) is 17.9 Å². The lowest BCUT2D eigenvalue weighted by Crippen LogP contribution is -2.45. The van der Waals surface area contributed by atoms with E-state index in [0.717, 1.165) is 38.4 Å². The van der Waals surface area contributed by atoms with Crippen molar-refractivity contribution in [2.75, 3.05) is 26.7 Å². The van der Waals surface area contributed by atoms with Crippen LogP contribution in [0.25, 0.3) is 0 Å². The molecule has 1 unspecified atom stereocenters. The largest absolute Gasteiger partial charge is 0.356 e. The molecule has 0 aliphatic carbocycles. The number of amides is 1. The molecule has 2 rings (SSSR count). The fraction of sp³-hybridized carbons (Fsp3) is 0.625. The summed E-state index contributed by atoms with van der Waals surface area (Å²) in [7, 11) is 1.78. The highest BCUT2D eigenvalue weighted by Gasteiger charge is 2.27. The predicted molar refractivity (Wildman–Crippen MR) is 92.3 cm³/mol. The van der Waals surface area contributed by atoms with E-state index in [0.29, 0.717) is 0 Å². The van der Waals surface area contributed by atoms with Crippen LogP contribution in [-0.4, -0.2) is 49.5 Å². The molecule has 1 atom stereocenters. The Bertz CT molecular complexity index is 498. The van der Waals surface area contributed by atoms with Crippen molar-refractivity contribution in [2.45, 2.75) is 32.7 Å². The van der Waals surface area contributed by atoms with Gasteiger partial charge >= 0.3 is 0 Å². The topological polar surface area (TPSA) is 56.7 Å². The molecule has 5 nitrogen and oxygen atoms in total. The SMILES string of the molecule is CN=C(NCCc1ccsc1)NC1CCN(C(=O)C(C)C)C1. The van der Waals surface area contributed by atoms with Crippen molar-refractivity contribution in [2.24, 2.45) is 10.9 Å². The van der Waals surface area contributed by atoms with Gasteiger partial charge in [-0.3, -0.25) is 9.79 Å². The van der Waals surface area contributed by atoms with E-state index in [1.807, 2.05) is 18.7 Å². The fourth-order valence-electron chi connectivity index (χ4n) is 2.59. The van der Waals surface area contributed by atoms with Crippen LogP contribution in [0.4, 0.5) is 0 Å². The van der Waals surface area contributed by atoms with Crippen molar-refractivity contribution in [3.05, 3.63) is 22.4 Å². The minimum Gasteiger partial charge on any atom is -0.356 e. The van der Waals surface area contributed by atoms with Crippen LogP contribution in [0.2, 0.25) is 0 Å². The molecule has 1 aliphatic heterocycles. The average Bonchev–Trinajstić information content (AvgIpc) is 3.16. The molecule has 0 bridgehead atoms. The Balaban J connectivity index is 1.73. The first-order valence-corrected chi connectivity index (χ1v) is 8.81. The number of rotatable bonds is 5. The van der Waals surface area contributed by atoms with Gasteiger partial charge in [-0.25, -0.2) is 0 Å². The van der Waals surface area contributed by atoms with Gasteiger partial charge in [-0.05, 0) is 35.2 Å². The third kappa shape index (κ3) is 4.73. The summed E-state index contributed by atoms with van der Waals surface area (Å²) in [4.78, 5) is 18.2. The van der Waals surface area contributed by atoms with Gasteiger partial charge in [-0.15, -0.1) is 0 Å². The van der Waals surface area contributed by atoms with Gasteiger partial charge in [0, 0.05) is 38.6 Å². The minimum absolute atomic E-state index is 0.0711. The van der Waals surface area contributed by atoms with Gasteiger partial charge in [0.15, 0.2) is 5.96 Å². The third-order valence-corrected chi connectivity index (χ3v) is 4.58. The molecule has 0 spiro atoms. The Labute approximate surface area is 136 Å². The van der Waals surface area contributed by atoms with Crippen LogP contribution >= 0.6 is 11.3 Å². The number of aliphatic imine (C=N–C) groups is 1. The second-order valence-electron chi connectivity index (χ2n) is 5.95. The molecule has 0 aromatic carbocycles. The van der Waals surface area contributed by atoms with E-state index < -0.39 is 0 Å². The Morgan fingerprint density at radius 1 is 1.55 bits per heavy atom. The van der Waals surface area contributed by atoms with Crippen molar-refractivity contribution in [1.29, 1.82) is 0 Å². The van der Waals surface area contributed by atoms with E-state index in [1.165, 1.54) is 5.56 Å². The van der Waals surface area contributed by atoms with E-state index in [9.17, 15) is 4.79 Å². The number of likely N-dealkylation sites (tertiary alicyclic amines) is 1.